The zero-order valence-corrected chi connectivity index (χ0v) is 14.2. The largest absolute Gasteiger partial charge is 0.392 e. The standard InChI is InChI=1S/C16H33N4O2/c1-15(21)13-19-7-5-17-3-4-18(6-8-19)10-12-20(11-9-17)14-16(20,2)22/h15,21-22H,3-14H2,1-2H3/q+1. The van der Waals surface area contributed by atoms with Gasteiger partial charge < -0.3 is 10.2 Å². The Hall–Kier alpha value is -0.240. The maximum absolute atomic E-state index is 10.4. The van der Waals surface area contributed by atoms with Gasteiger partial charge in [-0.05, 0) is 6.92 Å². The van der Waals surface area contributed by atoms with Gasteiger partial charge in [0.15, 0.2) is 6.54 Å². The number of fused-ring (bicyclic) bond motifs is 3. The smallest absolute Gasteiger partial charge is 0.248 e. The molecule has 22 heavy (non-hydrogen) atoms. The maximum Gasteiger partial charge on any atom is 0.248 e. The van der Waals surface area contributed by atoms with Crippen molar-refractivity contribution >= 4 is 0 Å². The van der Waals surface area contributed by atoms with Crippen LogP contribution >= 0.6 is 0 Å². The number of hydrogen-bond acceptors (Lipinski definition) is 5. The van der Waals surface area contributed by atoms with E-state index in [1.807, 2.05) is 13.8 Å². The summed E-state index contributed by atoms with van der Waals surface area (Å²) in [5.41, 5.74) is -0.496. The average molecular weight is 313 g/mol. The van der Waals surface area contributed by atoms with Crippen molar-refractivity contribution < 1.29 is 14.7 Å². The van der Waals surface area contributed by atoms with E-state index in [4.69, 9.17) is 0 Å². The first kappa shape index (κ1) is 16.6. The lowest BCUT2D eigenvalue weighted by Crippen LogP contribution is -2.46. The molecule has 0 aromatic carbocycles. The highest BCUT2D eigenvalue weighted by Crippen LogP contribution is 2.40. The van der Waals surface area contributed by atoms with E-state index in [2.05, 4.69) is 14.7 Å². The van der Waals surface area contributed by atoms with Gasteiger partial charge in [0.25, 0.3) is 0 Å². The lowest BCUT2D eigenvalue weighted by molar-refractivity contribution is -0.844. The first-order chi connectivity index (χ1) is 10.4. The number of nitrogens with zero attached hydrogens (tertiary/aromatic N) is 4. The molecule has 6 nitrogen and oxygen atoms in total. The SMILES string of the molecule is CC(O)CN1CCN2CCN(CC1)CC[N+]1(CC2)CC1(C)O. The molecule has 0 amide bonds. The molecule has 3 fully saturated rings. The van der Waals surface area contributed by atoms with Gasteiger partial charge in [-0.25, -0.2) is 0 Å². The van der Waals surface area contributed by atoms with E-state index in [0.29, 0.717) is 0 Å². The number of β-amino-alcohol motifs (C(OH)–C–C–N with tert-alkyl or cyclic N) is 1. The fourth-order valence-corrected chi connectivity index (χ4v) is 4.14. The van der Waals surface area contributed by atoms with E-state index >= 15 is 0 Å². The van der Waals surface area contributed by atoms with Crippen molar-refractivity contribution in [3.8, 4) is 0 Å². The van der Waals surface area contributed by atoms with Crippen LogP contribution in [0.5, 0.6) is 0 Å². The fraction of sp³-hybridized carbons (Fsp3) is 1.00. The third-order valence-electron chi connectivity index (χ3n) is 5.93. The fourth-order valence-electron chi connectivity index (χ4n) is 4.14. The van der Waals surface area contributed by atoms with Crippen LogP contribution in [0, 0.1) is 0 Å². The molecule has 0 radical (unpaired) electrons. The number of rotatable bonds is 2. The van der Waals surface area contributed by atoms with Crippen LogP contribution in [0.15, 0.2) is 0 Å². The lowest BCUT2D eigenvalue weighted by atomic mass is 10.3. The molecule has 6 heteroatoms. The van der Waals surface area contributed by atoms with Crippen molar-refractivity contribution in [3.05, 3.63) is 0 Å². The molecule has 2 bridgehead atoms. The van der Waals surface area contributed by atoms with Crippen LogP contribution in [0.2, 0.25) is 0 Å². The Morgan fingerprint density at radius 1 is 0.955 bits per heavy atom. The van der Waals surface area contributed by atoms with Gasteiger partial charge in [-0.2, -0.15) is 0 Å². The zero-order chi connectivity index (χ0) is 15.8. The first-order valence-corrected chi connectivity index (χ1v) is 8.84. The minimum Gasteiger partial charge on any atom is -0.392 e. The molecule has 3 saturated heterocycles. The van der Waals surface area contributed by atoms with Gasteiger partial charge in [-0.15, -0.1) is 0 Å². The molecule has 0 aromatic rings. The molecule has 0 saturated carbocycles. The molecule has 128 valence electrons. The molecule has 3 aliphatic heterocycles. The van der Waals surface area contributed by atoms with Crippen molar-refractivity contribution in [1.82, 2.24) is 14.7 Å². The molecule has 2 N–H and O–H groups in total. The zero-order valence-electron chi connectivity index (χ0n) is 14.2. The summed E-state index contributed by atoms with van der Waals surface area (Å²) in [4.78, 5) is 7.50. The van der Waals surface area contributed by atoms with Crippen molar-refractivity contribution in [2.75, 3.05) is 78.5 Å². The van der Waals surface area contributed by atoms with Crippen LogP contribution in [0.1, 0.15) is 13.8 Å². The van der Waals surface area contributed by atoms with Crippen molar-refractivity contribution in [3.63, 3.8) is 0 Å². The Kier molecular flexibility index (Phi) is 4.79. The number of quaternary nitrogens is 1. The predicted molar refractivity (Wildman–Crippen MR) is 86.5 cm³/mol. The molecule has 0 aromatic heterocycles. The molecule has 1 spiro atoms. The predicted octanol–water partition coefficient (Wildman–Crippen LogP) is -1.16. The van der Waals surface area contributed by atoms with Crippen LogP contribution in [0.25, 0.3) is 0 Å². The van der Waals surface area contributed by atoms with Crippen LogP contribution < -0.4 is 0 Å². The minimum absolute atomic E-state index is 0.253. The Bertz CT molecular complexity index is 368. The summed E-state index contributed by atoms with van der Waals surface area (Å²) in [6.45, 7) is 16.3. The summed E-state index contributed by atoms with van der Waals surface area (Å²) in [6.07, 6.45) is -0.253. The quantitative estimate of drug-likeness (QED) is 0.497. The van der Waals surface area contributed by atoms with Gasteiger partial charge in [0, 0.05) is 65.8 Å². The molecule has 4 unspecified atom stereocenters. The van der Waals surface area contributed by atoms with Crippen molar-refractivity contribution in [2.24, 2.45) is 0 Å². The topological polar surface area (TPSA) is 50.2 Å². The molecule has 3 aliphatic rings. The van der Waals surface area contributed by atoms with Crippen LogP contribution in [-0.4, -0.2) is 120 Å². The van der Waals surface area contributed by atoms with Crippen LogP contribution in [-0.2, 0) is 0 Å². The van der Waals surface area contributed by atoms with E-state index in [1.54, 1.807) is 0 Å². The molecule has 4 atom stereocenters. The highest BCUT2D eigenvalue weighted by atomic mass is 16.3. The van der Waals surface area contributed by atoms with Gasteiger partial charge >= 0.3 is 0 Å². The van der Waals surface area contributed by atoms with Crippen molar-refractivity contribution in [2.45, 2.75) is 25.7 Å². The van der Waals surface area contributed by atoms with Crippen molar-refractivity contribution in [1.29, 1.82) is 0 Å². The van der Waals surface area contributed by atoms with E-state index in [-0.39, 0.29) is 6.10 Å². The van der Waals surface area contributed by atoms with Gasteiger partial charge in [0.2, 0.25) is 5.72 Å². The van der Waals surface area contributed by atoms with E-state index in [0.717, 1.165) is 83.0 Å². The minimum atomic E-state index is -0.496. The molecule has 3 heterocycles. The maximum atomic E-state index is 10.4. The van der Waals surface area contributed by atoms with Gasteiger partial charge in [0.05, 0.1) is 19.2 Å². The third-order valence-corrected chi connectivity index (χ3v) is 5.93. The Balaban J connectivity index is 1.66. The van der Waals surface area contributed by atoms with Crippen LogP contribution in [0.3, 0.4) is 0 Å². The molecule has 3 rings (SSSR count). The second-order valence-electron chi connectivity index (χ2n) is 7.80. The van der Waals surface area contributed by atoms with Gasteiger partial charge in [-0.3, -0.25) is 19.2 Å². The van der Waals surface area contributed by atoms with E-state index in [1.165, 1.54) is 0 Å². The van der Waals surface area contributed by atoms with E-state index in [9.17, 15) is 10.2 Å². The van der Waals surface area contributed by atoms with Gasteiger partial charge in [0.1, 0.15) is 0 Å². The second-order valence-corrected chi connectivity index (χ2v) is 7.80. The van der Waals surface area contributed by atoms with Crippen LogP contribution in [0.4, 0.5) is 0 Å². The highest BCUT2D eigenvalue weighted by Gasteiger charge is 2.65. The molecule has 0 aliphatic carbocycles. The Labute approximate surface area is 134 Å². The number of hydrogen-bond donors (Lipinski definition) is 2. The summed E-state index contributed by atoms with van der Waals surface area (Å²) in [7, 11) is 0. The summed E-state index contributed by atoms with van der Waals surface area (Å²) < 4.78 is 0.886. The Morgan fingerprint density at radius 3 is 1.82 bits per heavy atom. The number of aliphatic hydroxyl groups excluding tert-OH is 1. The van der Waals surface area contributed by atoms with E-state index < -0.39 is 5.72 Å². The normalized spacial score (nSPS) is 45.3. The summed E-state index contributed by atoms with van der Waals surface area (Å²) >= 11 is 0. The summed E-state index contributed by atoms with van der Waals surface area (Å²) in [5, 5.41) is 20.1. The molecular formula is C16H33N4O2+. The Morgan fingerprint density at radius 2 is 1.41 bits per heavy atom. The monoisotopic (exact) mass is 313 g/mol. The average Bonchev–Trinajstić information content (AvgIpc) is 2.93. The highest BCUT2D eigenvalue weighted by molar-refractivity contribution is 4.82. The lowest BCUT2D eigenvalue weighted by Gasteiger charge is -2.30. The molecular weight excluding hydrogens is 280 g/mol. The summed E-state index contributed by atoms with van der Waals surface area (Å²) in [6, 6.07) is 0. The second kappa shape index (κ2) is 6.34. The first-order valence-electron chi connectivity index (χ1n) is 8.84. The number of aliphatic hydroxyl groups is 2. The third kappa shape index (κ3) is 3.63. The summed E-state index contributed by atoms with van der Waals surface area (Å²) in [5.74, 6) is 0. The van der Waals surface area contributed by atoms with Gasteiger partial charge in [-0.1, -0.05) is 0 Å².